The molecule has 0 spiro atoms. The lowest BCUT2D eigenvalue weighted by molar-refractivity contribution is 1.59. The maximum atomic E-state index is 3.47. The SMILES string of the molecule is C[Si](C)(C)c1cccc(-c2ccc(Br)cc2)c1. The van der Waals surface area contributed by atoms with Gasteiger partial charge in [-0.15, -0.1) is 0 Å². The molecule has 88 valence electrons. The average molecular weight is 305 g/mol. The van der Waals surface area contributed by atoms with E-state index in [0.717, 1.165) is 4.47 Å². The molecule has 0 aliphatic rings. The highest BCUT2D eigenvalue weighted by molar-refractivity contribution is 9.10. The first-order valence-electron chi connectivity index (χ1n) is 5.83. The Balaban J connectivity index is 2.43. The molecule has 0 amide bonds. The molecule has 0 nitrogen and oxygen atoms in total. The van der Waals surface area contributed by atoms with Gasteiger partial charge in [-0.05, 0) is 23.3 Å². The molecule has 17 heavy (non-hydrogen) atoms. The second-order valence-electron chi connectivity index (χ2n) is 5.34. The van der Waals surface area contributed by atoms with Crippen LogP contribution in [0, 0.1) is 0 Å². The second-order valence-corrected chi connectivity index (χ2v) is 11.3. The van der Waals surface area contributed by atoms with Gasteiger partial charge in [0.1, 0.15) is 0 Å². The predicted octanol–water partition coefficient (Wildman–Crippen LogP) is 4.66. The van der Waals surface area contributed by atoms with E-state index >= 15 is 0 Å². The summed E-state index contributed by atoms with van der Waals surface area (Å²) < 4.78 is 1.13. The summed E-state index contributed by atoms with van der Waals surface area (Å²) in [6.45, 7) is 7.15. The van der Waals surface area contributed by atoms with Crippen molar-refractivity contribution in [3.05, 3.63) is 53.0 Å². The molecule has 0 heterocycles. The van der Waals surface area contributed by atoms with E-state index in [9.17, 15) is 0 Å². The summed E-state index contributed by atoms with van der Waals surface area (Å²) in [6, 6.07) is 17.5. The Hall–Kier alpha value is -0.863. The normalized spacial score (nSPS) is 11.5. The van der Waals surface area contributed by atoms with E-state index in [4.69, 9.17) is 0 Å². The van der Waals surface area contributed by atoms with Gasteiger partial charge in [0.15, 0.2) is 0 Å². The minimum Gasteiger partial charge on any atom is -0.0656 e. The molecule has 0 atom stereocenters. The van der Waals surface area contributed by atoms with Crippen molar-refractivity contribution in [1.29, 1.82) is 0 Å². The van der Waals surface area contributed by atoms with Crippen molar-refractivity contribution >= 4 is 29.2 Å². The first-order valence-corrected chi connectivity index (χ1v) is 10.1. The van der Waals surface area contributed by atoms with E-state index in [-0.39, 0.29) is 0 Å². The van der Waals surface area contributed by atoms with Crippen molar-refractivity contribution in [3.8, 4) is 11.1 Å². The topological polar surface area (TPSA) is 0 Å². The summed E-state index contributed by atoms with van der Waals surface area (Å²) in [5.74, 6) is 0. The van der Waals surface area contributed by atoms with Gasteiger partial charge in [-0.3, -0.25) is 0 Å². The molecule has 0 unspecified atom stereocenters. The Morgan fingerprint density at radius 1 is 0.824 bits per heavy atom. The van der Waals surface area contributed by atoms with E-state index in [1.54, 1.807) is 0 Å². The van der Waals surface area contributed by atoms with Crippen LogP contribution in [0.2, 0.25) is 19.6 Å². The predicted molar refractivity (Wildman–Crippen MR) is 82.6 cm³/mol. The van der Waals surface area contributed by atoms with Gasteiger partial charge in [0.2, 0.25) is 0 Å². The minimum atomic E-state index is -1.22. The van der Waals surface area contributed by atoms with E-state index in [1.807, 2.05) is 0 Å². The maximum Gasteiger partial charge on any atom is 0.0776 e. The van der Waals surface area contributed by atoms with Gasteiger partial charge in [-0.1, -0.05) is 77.2 Å². The Morgan fingerprint density at radius 2 is 1.47 bits per heavy atom. The fourth-order valence-electron chi connectivity index (χ4n) is 1.81. The van der Waals surface area contributed by atoms with Crippen molar-refractivity contribution in [2.75, 3.05) is 0 Å². The molecular weight excluding hydrogens is 288 g/mol. The third kappa shape index (κ3) is 3.08. The molecule has 2 aromatic rings. The summed E-state index contributed by atoms with van der Waals surface area (Å²) in [4.78, 5) is 0. The van der Waals surface area contributed by atoms with Crippen LogP contribution >= 0.6 is 15.9 Å². The third-order valence-electron chi connectivity index (χ3n) is 2.91. The molecule has 2 aromatic carbocycles. The van der Waals surface area contributed by atoms with Crippen LogP contribution in [0.5, 0.6) is 0 Å². The van der Waals surface area contributed by atoms with E-state index < -0.39 is 8.07 Å². The first-order chi connectivity index (χ1) is 7.97. The molecule has 0 N–H and O–H groups in total. The van der Waals surface area contributed by atoms with E-state index in [0.29, 0.717) is 0 Å². The average Bonchev–Trinajstić information content (AvgIpc) is 2.29. The summed E-state index contributed by atoms with van der Waals surface area (Å²) in [7, 11) is -1.22. The molecule has 0 bridgehead atoms. The van der Waals surface area contributed by atoms with Crippen LogP contribution in [0.1, 0.15) is 0 Å². The molecular formula is C15H17BrSi. The van der Waals surface area contributed by atoms with Crippen molar-refractivity contribution in [2.24, 2.45) is 0 Å². The number of benzene rings is 2. The van der Waals surface area contributed by atoms with Crippen molar-refractivity contribution in [2.45, 2.75) is 19.6 Å². The number of halogens is 1. The van der Waals surface area contributed by atoms with Crippen LogP contribution in [-0.2, 0) is 0 Å². The zero-order valence-corrected chi connectivity index (χ0v) is 13.1. The number of rotatable bonds is 2. The fraction of sp³-hybridized carbons (Fsp3) is 0.200. The maximum absolute atomic E-state index is 3.47. The molecule has 2 rings (SSSR count). The molecule has 0 saturated carbocycles. The van der Waals surface area contributed by atoms with Gasteiger partial charge in [-0.2, -0.15) is 0 Å². The Labute approximate surface area is 113 Å². The standard InChI is InChI=1S/C15H17BrSi/c1-17(2,3)15-6-4-5-13(11-15)12-7-9-14(16)10-8-12/h4-11H,1-3H3. The number of hydrogen-bond donors (Lipinski definition) is 0. The quantitative estimate of drug-likeness (QED) is 0.708. The second kappa shape index (κ2) is 4.79. The molecule has 0 aliphatic heterocycles. The van der Waals surface area contributed by atoms with Crippen LogP contribution in [0.15, 0.2) is 53.0 Å². The summed E-state index contributed by atoms with van der Waals surface area (Å²) in [5.41, 5.74) is 2.60. The van der Waals surface area contributed by atoms with Crippen molar-refractivity contribution < 1.29 is 0 Å². The van der Waals surface area contributed by atoms with Gasteiger partial charge >= 0.3 is 0 Å². The first kappa shape index (κ1) is 12.6. The van der Waals surface area contributed by atoms with Crippen LogP contribution in [0.25, 0.3) is 11.1 Å². The van der Waals surface area contributed by atoms with Crippen LogP contribution in [0.3, 0.4) is 0 Å². The third-order valence-corrected chi connectivity index (χ3v) is 5.48. The largest absolute Gasteiger partial charge is 0.0776 e. The molecule has 0 saturated heterocycles. The molecule has 0 radical (unpaired) electrons. The zero-order chi connectivity index (χ0) is 12.5. The Morgan fingerprint density at radius 3 is 2.06 bits per heavy atom. The van der Waals surface area contributed by atoms with E-state index in [1.165, 1.54) is 16.3 Å². The van der Waals surface area contributed by atoms with Gasteiger partial charge in [0.05, 0.1) is 8.07 Å². The summed E-state index contributed by atoms with van der Waals surface area (Å²) >= 11 is 3.47. The Bertz CT molecular complexity index is 509. The van der Waals surface area contributed by atoms with Gasteiger partial charge in [-0.25, -0.2) is 0 Å². The van der Waals surface area contributed by atoms with Gasteiger partial charge < -0.3 is 0 Å². The van der Waals surface area contributed by atoms with Crippen LogP contribution < -0.4 is 5.19 Å². The monoisotopic (exact) mass is 304 g/mol. The zero-order valence-electron chi connectivity index (χ0n) is 10.5. The van der Waals surface area contributed by atoms with Crippen LogP contribution in [-0.4, -0.2) is 8.07 Å². The highest BCUT2D eigenvalue weighted by Crippen LogP contribution is 2.21. The lowest BCUT2D eigenvalue weighted by Crippen LogP contribution is -2.37. The highest BCUT2D eigenvalue weighted by Gasteiger charge is 2.16. The minimum absolute atomic E-state index is 1.13. The fourth-order valence-corrected chi connectivity index (χ4v) is 3.26. The molecule has 2 heteroatoms. The summed E-state index contributed by atoms with van der Waals surface area (Å²) in [5, 5.41) is 1.51. The lowest BCUT2D eigenvalue weighted by atomic mass is 10.1. The van der Waals surface area contributed by atoms with Crippen molar-refractivity contribution in [3.63, 3.8) is 0 Å². The highest BCUT2D eigenvalue weighted by atomic mass is 79.9. The van der Waals surface area contributed by atoms with Gasteiger partial charge in [0, 0.05) is 4.47 Å². The van der Waals surface area contributed by atoms with Crippen molar-refractivity contribution in [1.82, 2.24) is 0 Å². The van der Waals surface area contributed by atoms with Crippen LogP contribution in [0.4, 0.5) is 0 Å². The molecule has 0 aromatic heterocycles. The number of hydrogen-bond acceptors (Lipinski definition) is 0. The van der Waals surface area contributed by atoms with Gasteiger partial charge in [0.25, 0.3) is 0 Å². The molecule has 0 aliphatic carbocycles. The lowest BCUT2D eigenvalue weighted by Gasteiger charge is -2.17. The molecule has 0 fully saturated rings. The van der Waals surface area contributed by atoms with E-state index in [2.05, 4.69) is 84.1 Å². The Kier molecular flexibility index (Phi) is 3.55. The summed E-state index contributed by atoms with van der Waals surface area (Å²) in [6.07, 6.45) is 0. The smallest absolute Gasteiger partial charge is 0.0656 e.